The van der Waals surface area contributed by atoms with Crippen molar-refractivity contribution in [2.24, 2.45) is 0 Å². The first kappa shape index (κ1) is 17.7. The highest BCUT2D eigenvalue weighted by molar-refractivity contribution is 7.18. The van der Waals surface area contributed by atoms with Crippen LogP contribution in [0.4, 0.5) is 5.00 Å². The smallest absolute Gasteiger partial charge is 0.341 e. The van der Waals surface area contributed by atoms with Crippen LogP contribution in [0.25, 0.3) is 5.65 Å². The largest absolute Gasteiger partial charge is 0.462 e. The molecule has 3 aromatic rings. The van der Waals surface area contributed by atoms with Crippen molar-refractivity contribution in [1.29, 1.82) is 0 Å². The number of thiophene rings is 1. The van der Waals surface area contributed by atoms with Gasteiger partial charge in [0.05, 0.1) is 17.0 Å². The van der Waals surface area contributed by atoms with Crippen LogP contribution >= 0.6 is 11.3 Å². The van der Waals surface area contributed by atoms with Gasteiger partial charge >= 0.3 is 5.97 Å². The minimum atomic E-state index is -0.583. The Bertz CT molecular complexity index is 988. The first-order valence-corrected chi connectivity index (χ1v) is 8.67. The van der Waals surface area contributed by atoms with Crippen LogP contribution in [-0.4, -0.2) is 38.9 Å². The number of Topliss-reactive ketones (excluding diaryl/α,β-unsaturated/α-hetero) is 1. The summed E-state index contributed by atoms with van der Waals surface area (Å²) in [4.78, 5) is 41.2. The number of fused-ring (bicyclic) bond motifs is 1. The molecule has 0 saturated carbocycles. The lowest BCUT2D eigenvalue weighted by atomic mass is 10.1. The Balaban J connectivity index is 1.97. The number of aromatic nitrogens is 3. The van der Waals surface area contributed by atoms with Crippen molar-refractivity contribution in [3.63, 3.8) is 0 Å². The Morgan fingerprint density at radius 1 is 1.35 bits per heavy atom. The van der Waals surface area contributed by atoms with Crippen LogP contribution in [0.2, 0.25) is 0 Å². The molecule has 134 valence electrons. The standard InChI is InChI=1S/C17H16N4O4S/c1-4-25-17(24)13-9(2)14(10(3)22)26-16(13)19-15(23)11-8-12-18-6-5-7-21(12)20-11/h5-8H,4H2,1-3H3,(H,19,23). The third kappa shape index (κ3) is 3.21. The van der Waals surface area contributed by atoms with Gasteiger partial charge in [-0.05, 0) is 32.4 Å². The van der Waals surface area contributed by atoms with E-state index in [1.54, 1.807) is 32.3 Å². The molecule has 3 aromatic heterocycles. The highest BCUT2D eigenvalue weighted by atomic mass is 32.1. The molecule has 26 heavy (non-hydrogen) atoms. The maximum absolute atomic E-state index is 12.6. The zero-order valence-corrected chi connectivity index (χ0v) is 15.2. The average molecular weight is 372 g/mol. The minimum Gasteiger partial charge on any atom is -0.462 e. The molecular formula is C17H16N4O4S. The molecule has 0 atom stereocenters. The number of ketones is 1. The molecule has 0 spiro atoms. The topological polar surface area (TPSA) is 103 Å². The molecule has 3 rings (SSSR count). The number of nitrogens with zero attached hydrogens (tertiary/aromatic N) is 3. The molecule has 0 aliphatic rings. The zero-order valence-electron chi connectivity index (χ0n) is 14.4. The lowest BCUT2D eigenvalue weighted by molar-refractivity contribution is 0.0527. The highest BCUT2D eigenvalue weighted by Gasteiger charge is 2.26. The Kier molecular flexibility index (Phi) is 4.81. The van der Waals surface area contributed by atoms with E-state index in [9.17, 15) is 14.4 Å². The summed E-state index contributed by atoms with van der Waals surface area (Å²) in [6.45, 7) is 4.94. The van der Waals surface area contributed by atoms with E-state index in [-0.39, 0.29) is 28.6 Å². The molecule has 0 aromatic carbocycles. The summed E-state index contributed by atoms with van der Waals surface area (Å²) in [6, 6.07) is 3.23. The molecule has 0 aliphatic heterocycles. The predicted molar refractivity (Wildman–Crippen MR) is 96.0 cm³/mol. The fraction of sp³-hybridized carbons (Fsp3) is 0.235. The van der Waals surface area contributed by atoms with E-state index in [1.165, 1.54) is 17.5 Å². The van der Waals surface area contributed by atoms with Gasteiger partial charge in [0.15, 0.2) is 17.1 Å². The molecule has 0 aliphatic carbocycles. The average Bonchev–Trinajstić information content (AvgIpc) is 3.16. The van der Waals surface area contributed by atoms with Crippen LogP contribution in [0.1, 0.15) is 49.9 Å². The summed E-state index contributed by atoms with van der Waals surface area (Å²) in [5, 5.41) is 7.08. The number of esters is 1. The normalized spacial score (nSPS) is 10.7. The van der Waals surface area contributed by atoms with Gasteiger partial charge in [-0.3, -0.25) is 9.59 Å². The van der Waals surface area contributed by atoms with Crippen LogP contribution in [0.15, 0.2) is 24.5 Å². The lowest BCUT2D eigenvalue weighted by Gasteiger charge is -2.05. The number of anilines is 1. The molecule has 1 amide bonds. The highest BCUT2D eigenvalue weighted by Crippen LogP contribution is 2.34. The summed E-state index contributed by atoms with van der Waals surface area (Å²) in [5.74, 6) is -1.27. The predicted octanol–water partition coefficient (Wildman–Crippen LogP) is 2.73. The number of ether oxygens (including phenoxy) is 1. The number of amides is 1. The van der Waals surface area contributed by atoms with E-state index >= 15 is 0 Å². The number of rotatable bonds is 5. The quantitative estimate of drug-likeness (QED) is 0.546. The van der Waals surface area contributed by atoms with Gasteiger partial charge in [0, 0.05) is 18.5 Å². The maximum Gasteiger partial charge on any atom is 0.341 e. The Morgan fingerprint density at radius 3 is 2.77 bits per heavy atom. The molecular weight excluding hydrogens is 356 g/mol. The summed E-state index contributed by atoms with van der Waals surface area (Å²) in [6.07, 6.45) is 3.27. The number of carbonyl (C=O) groups excluding carboxylic acids is 3. The second-order valence-corrected chi connectivity index (χ2v) is 6.46. The Labute approximate surface area is 152 Å². The molecule has 8 nitrogen and oxygen atoms in total. The minimum absolute atomic E-state index is 0.147. The second kappa shape index (κ2) is 7.04. The number of hydrogen-bond acceptors (Lipinski definition) is 7. The summed E-state index contributed by atoms with van der Waals surface area (Å²) >= 11 is 1.05. The molecule has 9 heteroatoms. The van der Waals surface area contributed by atoms with E-state index in [0.29, 0.717) is 16.1 Å². The third-order valence-electron chi connectivity index (χ3n) is 3.64. The van der Waals surface area contributed by atoms with Crippen LogP contribution in [0.5, 0.6) is 0 Å². The molecule has 1 N–H and O–H groups in total. The third-order valence-corrected chi connectivity index (χ3v) is 4.95. The Hall–Kier alpha value is -3.07. The molecule has 0 saturated heterocycles. The first-order valence-electron chi connectivity index (χ1n) is 7.85. The first-order chi connectivity index (χ1) is 12.4. The summed E-state index contributed by atoms with van der Waals surface area (Å²) < 4.78 is 6.53. The number of nitrogens with one attached hydrogen (secondary N) is 1. The van der Waals surface area contributed by atoms with Crippen molar-refractivity contribution in [3.8, 4) is 0 Å². The van der Waals surface area contributed by atoms with Crippen molar-refractivity contribution >= 4 is 39.6 Å². The maximum atomic E-state index is 12.6. The van der Waals surface area contributed by atoms with Crippen LogP contribution < -0.4 is 5.32 Å². The van der Waals surface area contributed by atoms with Gasteiger partial charge in [-0.25, -0.2) is 14.3 Å². The van der Waals surface area contributed by atoms with Gasteiger partial charge in [-0.1, -0.05) is 0 Å². The van der Waals surface area contributed by atoms with Crippen molar-refractivity contribution < 1.29 is 19.1 Å². The number of hydrogen-bond donors (Lipinski definition) is 1. The van der Waals surface area contributed by atoms with Crippen molar-refractivity contribution in [1.82, 2.24) is 14.6 Å². The van der Waals surface area contributed by atoms with Crippen LogP contribution in [0.3, 0.4) is 0 Å². The molecule has 0 bridgehead atoms. The van der Waals surface area contributed by atoms with E-state index in [1.807, 2.05) is 0 Å². The van der Waals surface area contributed by atoms with Gasteiger partial charge in [0.2, 0.25) is 0 Å². The van der Waals surface area contributed by atoms with E-state index in [4.69, 9.17) is 4.74 Å². The molecule has 0 fully saturated rings. The zero-order chi connectivity index (χ0) is 18.8. The summed E-state index contributed by atoms with van der Waals surface area (Å²) in [7, 11) is 0. The van der Waals surface area contributed by atoms with Gasteiger partial charge < -0.3 is 10.1 Å². The van der Waals surface area contributed by atoms with E-state index < -0.39 is 11.9 Å². The molecule has 0 radical (unpaired) electrons. The van der Waals surface area contributed by atoms with Gasteiger partial charge in [-0.15, -0.1) is 11.3 Å². The SMILES string of the molecule is CCOC(=O)c1c(NC(=O)c2cc3ncccn3n2)sc(C(C)=O)c1C. The van der Waals surface area contributed by atoms with Crippen molar-refractivity contribution in [3.05, 3.63) is 46.2 Å². The molecule has 3 heterocycles. The fourth-order valence-corrected chi connectivity index (χ4v) is 3.58. The van der Waals surface area contributed by atoms with Crippen molar-refractivity contribution in [2.45, 2.75) is 20.8 Å². The van der Waals surface area contributed by atoms with Crippen LogP contribution in [-0.2, 0) is 4.74 Å². The monoisotopic (exact) mass is 372 g/mol. The Morgan fingerprint density at radius 2 is 2.12 bits per heavy atom. The summed E-state index contributed by atoms with van der Waals surface area (Å²) in [5.41, 5.74) is 1.36. The van der Waals surface area contributed by atoms with Gasteiger partial charge in [0.25, 0.3) is 5.91 Å². The van der Waals surface area contributed by atoms with Gasteiger partial charge in [-0.2, -0.15) is 5.10 Å². The lowest BCUT2D eigenvalue weighted by Crippen LogP contribution is -2.15. The van der Waals surface area contributed by atoms with Crippen molar-refractivity contribution in [2.75, 3.05) is 11.9 Å². The second-order valence-electron chi connectivity index (χ2n) is 5.44. The van der Waals surface area contributed by atoms with E-state index in [2.05, 4.69) is 15.4 Å². The van der Waals surface area contributed by atoms with Gasteiger partial charge in [0.1, 0.15) is 5.00 Å². The fourth-order valence-electron chi connectivity index (χ4n) is 2.49. The number of carbonyl (C=O) groups is 3. The molecule has 0 unspecified atom stereocenters. The van der Waals surface area contributed by atoms with Crippen LogP contribution in [0, 0.1) is 6.92 Å². The van der Waals surface area contributed by atoms with E-state index in [0.717, 1.165) is 11.3 Å².